The van der Waals surface area contributed by atoms with Crippen LogP contribution in [0, 0.1) is 11.3 Å². The van der Waals surface area contributed by atoms with Gasteiger partial charge in [0, 0.05) is 18.6 Å². The van der Waals surface area contributed by atoms with Crippen molar-refractivity contribution in [1.29, 1.82) is 5.26 Å². The number of ether oxygens (including phenoxy) is 1. The van der Waals surface area contributed by atoms with Gasteiger partial charge in [0.25, 0.3) is 0 Å². The first-order valence-corrected chi connectivity index (χ1v) is 6.98. The van der Waals surface area contributed by atoms with Crippen LogP contribution >= 0.6 is 0 Å². The quantitative estimate of drug-likeness (QED) is 0.816. The van der Waals surface area contributed by atoms with Crippen LogP contribution in [0.25, 0.3) is 0 Å². The maximum absolute atomic E-state index is 9.71. The van der Waals surface area contributed by atoms with Gasteiger partial charge in [0.05, 0.1) is 12.2 Å². The van der Waals surface area contributed by atoms with E-state index in [-0.39, 0.29) is 12.0 Å². The number of benzene rings is 1. The summed E-state index contributed by atoms with van der Waals surface area (Å²) < 4.78 is 5.94. The average molecular weight is 256 g/mol. The summed E-state index contributed by atoms with van der Waals surface area (Å²) in [5, 5.41) is 9.71. The van der Waals surface area contributed by atoms with Gasteiger partial charge in [0.2, 0.25) is 0 Å². The second-order valence-electron chi connectivity index (χ2n) is 5.72. The van der Waals surface area contributed by atoms with Crippen molar-refractivity contribution in [2.24, 2.45) is 0 Å². The summed E-state index contributed by atoms with van der Waals surface area (Å²) in [4.78, 5) is 2.23. The van der Waals surface area contributed by atoms with Crippen molar-refractivity contribution in [2.75, 3.05) is 13.7 Å². The van der Waals surface area contributed by atoms with Crippen LogP contribution < -0.4 is 0 Å². The molecule has 2 bridgehead atoms. The van der Waals surface area contributed by atoms with Crippen LogP contribution in [-0.4, -0.2) is 30.2 Å². The van der Waals surface area contributed by atoms with E-state index >= 15 is 0 Å². The highest BCUT2D eigenvalue weighted by atomic mass is 16.5. The lowest BCUT2D eigenvalue weighted by molar-refractivity contribution is -0.0786. The van der Waals surface area contributed by atoms with Crippen molar-refractivity contribution >= 4 is 0 Å². The molecule has 0 aromatic heterocycles. The number of piperidine rings is 1. The lowest BCUT2D eigenvalue weighted by Crippen LogP contribution is -2.61. The maximum atomic E-state index is 9.71. The molecule has 4 atom stereocenters. The predicted molar refractivity (Wildman–Crippen MR) is 73.7 cm³/mol. The summed E-state index contributed by atoms with van der Waals surface area (Å²) in [6.45, 7) is 4.79. The second kappa shape index (κ2) is 4.33. The standard InChI is InChI=1S/C16H20N2O/c1-4-19-14-9-13-11-7-5-6-8-12(11)15(14)16(2,10-17)18(13)3/h5-8,13-15H,4,9H2,1-3H3/t13-,14?,15+,16+/m1/s1. The molecular formula is C16H20N2O. The van der Waals surface area contributed by atoms with Crippen LogP contribution in [-0.2, 0) is 4.74 Å². The summed E-state index contributed by atoms with van der Waals surface area (Å²) in [6, 6.07) is 11.4. The summed E-state index contributed by atoms with van der Waals surface area (Å²) in [5.74, 6) is 0.142. The zero-order valence-electron chi connectivity index (χ0n) is 11.8. The molecule has 3 nitrogen and oxygen atoms in total. The molecule has 2 aliphatic heterocycles. The molecule has 0 N–H and O–H groups in total. The fraction of sp³-hybridized carbons (Fsp3) is 0.562. The molecule has 1 fully saturated rings. The van der Waals surface area contributed by atoms with Crippen molar-refractivity contribution in [3.05, 3.63) is 35.4 Å². The Bertz CT molecular complexity index is 536. The third-order valence-corrected chi connectivity index (χ3v) is 4.93. The first kappa shape index (κ1) is 12.7. The molecule has 1 aliphatic carbocycles. The van der Waals surface area contributed by atoms with Gasteiger partial charge < -0.3 is 4.74 Å². The van der Waals surface area contributed by atoms with Crippen LogP contribution in [0.3, 0.4) is 0 Å². The Balaban J connectivity index is 2.16. The molecular weight excluding hydrogens is 236 g/mol. The maximum Gasteiger partial charge on any atom is 0.116 e. The number of fused-ring (bicyclic) bond motifs is 2. The highest BCUT2D eigenvalue weighted by molar-refractivity contribution is 5.45. The smallest absolute Gasteiger partial charge is 0.116 e. The summed E-state index contributed by atoms with van der Waals surface area (Å²) in [6.07, 6.45) is 1.15. The van der Waals surface area contributed by atoms with Gasteiger partial charge in [0.15, 0.2) is 0 Å². The molecule has 3 aliphatic rings. The monoisotopic (exact) mass is 256 g/mol. The molecule has 1 unspecified atom stereocenters. The average Bonchev–Trinajstić information content (AvgIpc) is 2.44. The number of hydrogen-bond acceptors (Lipinski definition) is 3. The Morgan fingerprint density at radius 1 is 1.42 bits per heavy atom. The second-order valence-corrected chi connectivity index (χ2v) is 5.72. The lowest BCUT2D eigenvalue weighted by Gasteiger charge is -2.57. The minimum atomic E-state index is -0.475. The highest BCUT2D eigenvalue weighted by Crippen LogP contribution is 2.55. The first-order valence-electron chi connectivity index (χ1n) is 6.98. The fourth-order valence-corrected chi connectivity index (χ4v) is 3.88. The van der Waals surface area contributed by atoms with E-state index in [1.807, 2.05) is 13.8 Å². The Morgan fingerprint density at radius 3 is 2.74 bits per heavy atom. The summed E-state index contributed by atoms with van der Waals surface area (Å²) in [7, 11) is 2.07. The van der Waals surface area contributed by atoms with Crippen LogP contribution in [0.1, 0.15) is 43.4 Å². The molecule has 0 amide bonds. The molecule has 19 heavy (non-hydrogen) atoms. The topological polar surface area (TPSA) is 36.3 Å². The van der Waals surface area contributed by atoms with Crippen molar-refractivity contribution in [2.45, 2.75) is 43.9 Å². The van der Waals surface area contributed by atoms with Gasteiger partial charge in [0.1, 0.15) is 5.54 Å². The van der Waals surface area contributed by atoms with E-state index in [0.717, 1.165) is 6.42 Å². The van der Waals surface area contributed by atoms with Crippen LogP contribution in [0.5, 0.6) is 0 Å². The highest BCUT2D eigenvalue weighted by Gasteiger charge is 2.56. The molecule has 0 saturated carbocycles. The molecule has 2 heterocycles. The van der Waals surface area contributed by atoms with E-state index in [2.05, 4.69) is 42.3 Å². The van der Waals surface area contributed by atoms with Gasteiger partial charge in [-0.15, -0.1) is 0 Å². The van der Waals surface area contributed by atoms with Crippen molar-refractivity contribution in [1.82, 2.24) is 4.90 Å². The summed E-state index contributed by atoms with van der Waals surface area (Å²) in [5.41, 5.74) is 2.20. The Morgan fingerprint density at radius 2 is 2.11 bits per heavy atom. The van der Waals surface area contributed by atoms with Crippen molar-refractivity contribution < 1.29 is 4.74 Å². The van der Waals surface area contributed by atoms with Gasteiger partial charge >= 0.3 is 0 Å². The third kappa shape index (κ3) is 1.57. The lowest BCUT2D eigenvalue weighted by atomic mass is 9.63. The number of hydrogen-bond donors (Lipinski definition) is 0. The normalized spacial score (nSPS) is 36.8. The largest absolute Gasteiger partial charge is 0.378 e. The molecule has 3 heteroatoms. The molecule has 100 valence electrons. The van der Waals surface area contributed by atoms with E-state index in [1.54, 1.807) is 0 Å². The molecule has 4 rings (SSSR count). The molecule has 0 spiro atoms. The van der Waals surface area contributed by atoms with E-state index in [0.29, 0.717) is 12.6 Å². The number of nitriles is 1. The zero-order chi connectivity index (χ0) is 13.6. The minimum Gasteiger partial charge on any atom is -0.378 e. The van der Waals surface area contributed by atoms with Crippen LogP contribution in [0.15, 0.2) is 24.3 Å². The fourth-order valence-electron chi connectivity index (χ4n) is 3.88. The van der Waals surface area contributed by atoms with E-state index in [4.69, 9.17) is 4.74 Å². The molecule has 1 aromatic rings. The van der Waals surface area contributed by atoms with Gasteiger partial charge in [-0.25, -0.2) is 0 Å². The Labute approximate surface area is 114 Å². The molecule has 1 saturated heterocycles. The number of nitrogens with zero attached hydrogens (tertiary/aromatic N) is 2. The predicted octanol–water partition coefficient (Wildman–Crippen LogP) is 2.85. The van der Waals surface area contributed by atoms with E-state index in [9.17, 15) is 5.26 Å². The summed E-state index contributed by atoms with van der Waals surface area (Å²) >= 11 is 0. The van der Waals surface area contributed by atoms with Gasteiger partial charge in [-0.05, 0) is 38.4 Å². The van der Waals surface area contributed by atoms with Crippen LogP contribution in [0.2, 0.25) is 0 Å². The zero-order valence-corrected chi connectivity index (χ0v) is 11.8. The van der Waals surface area contributed by atoms with E-state index in [1.165, 1.54) is 11.1 Å². The molecule has 1 aromatic carbocycles. The Hall–Kier alpha value is -1.37. The van der Waals surface area contributed by atoms with Gasteiger partial charge in [-0.3, -0.25) is 4.90 Å². The van der Waals surface area contributed by atoms with Gasteiger partial charge in [-0.2, -0.15) is 5.26 Å². The molecule has 0 radical (unpaired) electrons. The third-order valence-electron chi connectivity index (χ3n) is 4.93. The van der Waals surface area contributed by atoms with Crippen molar-refractivity contribution in [3.8, 4) is 6.07 Å². The number of rotatable bonds is 2. The van der Waals surface area contributed by atoms with Gasteiger partial charge in [-0.1, -0.05) is 24.3 Å². The first-order chi connectivity index (χ1) is 9.13. The number of likely N-dealkylation sites (N-methyl/N-ethyl adjacent to an activating group) is 1. The van der Waals surface area contributed by atoms with Crippen LogP contribution in [0.4, 0.5) is 0 Å². The minimum absolute atomic E-state index is 0.142. The Kier molecular flexibility index (Phi) is 2.88. The van der Waals surface area contributed by atoms with Crippen molar-refractivity contribution in [3.63, 3.8) is 0 Å². The van der Waals surface area contributed by atoms with E-state index < -0.39 is 5.54 Å². The SMILES string of the molecule is CCOC1C[C@@H]2c3ccccc3[C@@H]1[C@](C)(C#N)N2C.